The number of aliphatic hydroxyl groups is 1. The van der Waals surface area contributed by atoms with Crippen molar-refractivity contribution in [3.05, 3.63) is 0 Å². The number of rotatable bonds is 3. The van der Waals surface area contributed by atoms with Crippen LogP contribution in [0.15, 0.2) is 0 Å². The minimum absolute atomic E-state index is 0.118. The summed E-state index contributed by atoms with van der Waals surface area (Å²) in [7, 11) is 0. The Morgan fingerprint density at radius 2 is 2.29 bits per heavy atom. The Bertz CT molecular complexity index is 382. The van der Waals surface area contributed by atoms with E-state index in [0.29, 0.717) is 19.5 Å². The first kappa shape index (κ1) is 12.0. The molecule has 0 bridgehead atoms. The fourth-order valence-electron chi connectivity index (χ4n) is 2.59. The molecule has 2 fully saturated rings. The molecule has 2 aliphatic rings. The zero-order chi connectivity index (χ0) is 12.6. The molecule has 1 spiro atoms. The zero-order valence-electron chi connectivity index (χ0n) is 9.73. The van der Waals surface area contributed by atoms with Crippen molar-refractivity contribution in [2.24, 2.45) is 5.41 Å². The Morgan fingerprint density at radius 1 is 1.59 bits per heavy atom. The number of ketones is 1. The lowest BCUT2D eigenvalue weighted by Gasteiger charge is -2.52. The molecule has 2 aliphatic heterocycles. The number of Topliss-reactive ketones (excluding diaryl/α,β-unsaturated/α-hetero) is 1. The van der Waals surface area contributed by atoms with Crippen LogP contribution in [0.5, 0.6) is 0 Å². The first-order valence-corrected chi connectivity index (χ1v) is 5.69. The molecule has 6 nitrogen and oxygen atoms in total. The van der Waals surface area contributed by atoms with E-state index in [0.717, 1.165) is 0 Å². The maximum absolute atomic E-state index is 12.1. The number of nitrogens with one attached hydrogen (secondary N) is 1. The third-order valence-electron chi connectivity index (χ3n) is 3.63. The Morgan fingerprint density at radius 3 is 2.76 bits per heavy atom. The molecule has 2 amide bonds. The second-order valence-electron chi connectivity index (χ2n) is 4.80. The Hall–Kier alpha value is -1.43. The molecule has 1 unspecified atom stereocenters. The van der Waals surface area contributed by atoms with Crippen LogP contribution >= 0.6 is 0 Å². The fourth-order valence-corrected chi connectivity index (χ4v) is 2.59. The van der Waals surface area contributed by atoms with Gasteiger partial charge in [0.25, 0.3) is 0 Å². The standard InChI is InChI=1S/C11H16N2O4/c1-7(15)8(5-14)13-6-11(10(13)17)2-3-12-9(16)4-11/h8,14H,2-6H2,1H3,(H,12,16)/t8-,11?/m0/s1. The Labute approximate surface area is 99.0 Å². The van der Waals surface area contributed by atoms with Crippen LogP contribution in [0.25, 0.3) is 0 Å². The van der Waals surface area contributed by atoms with Crippen LogP contribution in [-0.4, -0.2) is 53.3 Å². The number of likely N-dealkylation sites (tertiary alicyclic amines) is 1. The maximum atomic E-state index is 12.1. The molecule has 2 N–H and O–H groups in total. The number of amides is 2. The van der Waals surface area contributed by atoms with Crippen LogP contribution in [0.2, 0.25) is 0 Å². The molecule has 2 saturated heterocycles. The normalized spacial score (nSPS) is 29.9. The zero-order valence-corrected chi connectivity index (χ0v) is 9.73. The number of hydrogen-bond acceptors (Lipinski definition) is 4. The van der Waals surface area contributed by atoms with E-state index in [-0.39, 0.29) is 30.6 Å². The van der Waals surface area contributed by atoms with E-state index in [2.05, 4.69) is 5.32 Å². The molecule has 0 radical (unpaired) electrons. The van der Waals surface area contributed by atoms with E-state index >= 15 is 0 Å². The molecule has 0 saturated carbocycles. The van der Waals surface area contributed by atoms with E-state index in [1.807, 2.05) is 0 Å². The highest BCUT2D eigenvalue weighted by Crippen LogP contribution is 2.41. The molecular weight excluding hydrogens is 224 g/mol. The van der Waals surface area contributed by atoms with Gasteiger partial charge in [-0.25, -0.2) is 0 Å². The average Bonchev–Trinajstić information content (AvgIpc) is 2.28. The first-order chi connectivity index (χ1) is 8.00. The molecule has 0 aromatic heterocycles. The van der Waals surface area contributed by atoms with Gasteiger partial charge in [-0.1, -0.05) is 0 Å². The van der Waals surface area contributed by atoms with Gasteiger partial charge in [0.05, 0.1) is 12.0 Å². The molecule has 0 aromatic carbocycles. The van der Waals surface area contributed by atoms with Crippen LogP contribution in [0.3, 0.4) is 0 Å². The maximum Gasteiger partial charge on any atom is 0.231 e. The van der Waals surface area contributed by atoms with Crippen molar-refractivity contribution >= 4 is 17.6 Å². The van der Waals surface area contributed by atoms with Gasteiger partial charge in [0.1, 0.15) is 6.04 Å². The second-order valence-corrected chi connectivity index (χ2v) is 4.80. The predicted octanol–water partition coefficient (Wildman–Crippen LogP) is -1.33. The summed E-state index contributed by atoms with van der Waals surface area (Å²) in [5, 5.41) is 11.8. The lowest BCUT2D eigenvalue weighted by atomic mass is 9.70. The summed E-state index contributed by atoms with van der Waals surface area (Å²) in [4.78, 5) is 36.0. The fraction of sp³-hybridized carbons (Fsp3) is 0.727. The van der Waals surface area contributed by atoms with Crippen molar-refractivity contribution in [1.29, 1.82) is 0 Å². The predicted molar refractivity (Wildman–Crippen MR) is 57.9 cm³/mol. The van der Waals surface area contributed by atoms with Crippen molar-refractivity contribution in [1.82, 2.24) is 10.2 Å². The monoisotopic (exact) mass is 240 g/mol. The number of β-lactam (4-membered cyclic amide) rings is 1. The van der Waals surface area contributed by atoms with Gasteiger partial charge in [-0.15, -0.1) is 0 Å². The summed E-state index contributed by atoms with van der Waals surface area (Å²) in [5.41, 5.74) is -0.620. The van der Waals surface area contributed by atoms with Crippen molar-refractivity contribution in [3.8, 4) is 0 Å². The molecule has 2 atom stereocenters. The van der Waals surface area contributed by atoms with Gasteiger partial charge in [0, 0.05) is 19.5 Å². The number of piperidine rings is 1. The van der Waals surface area contributed by atoms with Crippen molar-refractivity contribution in [2.45, 2.75) is 25.8 Å². The van der Waals surface area contributed by atoms with E-state index < -0.39 is 11.5 Å². The number of carbonyl (C=O) groups is 3. The number of nitrogens with zero attached hydrogens (tertiary/aromatic N) is 1. The largest absolute Gasteiger partial charge is 0.394 e. The Balaban J connectivity index is 2.07. The van der Waals surface area contributed by atoms with Crippen LogP contribution in [0, 0.1) is 5.41 Å². The van der Waals surface area contributed by atoms with Crippen molar-refractivity contribution in [3.63, 3.8) is 0 Å². The molecule has 94 valence electrons. The number of carbonyl (C=O) groups excluding carboxylic acids is 3. The molecule has 0 aromatic rings. The van der Waals surface area contributed by atoms with E-state index in [9.17, 15) is 14.4 Å². The van der Waals surface area contributed by atoms with Gasteiger partial charge in [-0.2, -0.15) is 0 Å². The van der Waals surface area contributed by atoms with Gasteiger partial charge in [0.2, 0.25) is 11.8 Å². The molecule has 6 heteroatoms. The van der Waals surface area contributed by atoms with Crippen molar-refractivity contribution in [2.75, 3.05) is 19.7 Å². The average molecular weight is 240 g/mol. The number of aliphatic hydroxyl groups excluding tert-OH is 1. The molecule has 0 aliphatic carbocycles. The minimum Gasteiger partial charge on any atom is -0.394 e. The van der Waals surface area contributed by atoms with Gasteiger partial charge >= 0.3 is 0 Å². The highest BCUT2D eigenvalue weighted by Gasteiger charge is 2.56. The van der Waals surface area contributed by atoms with Crippen molar-refractivity contribution < 1.29 is 19.5 Å². The topological polar surface area (TPSA) is 86.7 Å². The van der Waals surface area contributed by atoms with Gasteiger partial charge in [0.15, 0.2) is 5.78 Å². The van der Waals surface area contributed by atoms with Crippen LogP contribution in [0.1, 0.15) is 19.8 Å². The van der Waals surface area contributed by atoms with E-state index in [1.54, 1.807) is 0 Å². The smallest absolute Gasteiger partial charge is 0.231 e. The molecule has 2 heterocycles. The Kier molecular flexibility index (Phi) is 2.91. The minimum atomic E-state index is -0.752. The van der Waals surface area contributed by atoms with Gasteiger partial charge in [-0.3, -0.25) is 14.4 Å². The second kappa shape index (κ2) is 4.10. The van der Waals surface area contributed by atoms with E-state index in [4.69, 9.17) is 5.11 Å². The highest BCUT2D eigenvalue weighted by atomic mass is 16.3. The third-order valence-corrected chi connectivity index (χ3v) is 3.63. The van der Waals surface area contributed by atoms with E-state index in [1.165, 1.54) is 11.8 Å². The summed E-state index contributed by atoms with van der Waals surface area (Å²) >= 11 is 0. The summed E-state index contributed by atoms with van der Waals surface area (Å²) < 4.78 is 0. The van der Waals surface area contributed by atoms with Crippen LogP contribution in [0.4, 0.5) is 0 Å². The molecular formula is C11H16N2O4. The van der Waals surface area contributed by atoms with Crippen LogP contribution < -0.4 is 5.32 Å². The quantitative estimate of drug-likeness (QED) is 0.599. The highest BCUT2D eigenvalue weighted by molar-refractivity contribution is 5.97. The molecule has 2 rings (SSSR count). The lowest BCUT2D eigenvalue weighted by molar-refractivity contribution is -0.173. The molecule has 17 heavy (non-hydrogen) atoms. The summed E-state index contributed by atoms with van der Waals surface area (Å²) in [5.74, 6) is -0.523. The summed E-state index contributed by atoms with van der Waals surface area (Å²) in [6, 6.07) is -0.752. The van der Waals surface area contributed by atoms with Gasteiger partial charge in [-0.05, 0) is 13.3 Å². The van der Waals surface area contributed by atoms with Gasteiger partial charge < -0.3 is 15.3 Å². The lowest BCUT2D eigenvalue weighted by Crippen LogP contribution is -2.69. The van der Waals surface area contributed by atoms with Crippen LogP contribution in [-0.2, 0) is 14.4 Å². The summed E-state index contributed by atoms with van der Waals surface area (Å²) in [6.07, 6.45) is 0.808. The SMILES string of the molecule is CC(=O)[C@H](CO)N1CC2(CCNC(=O)C2)C1=O. The first-order valence-electron chi connectivity index (χ1n) is 5.69. The number of hydrogen-bond donors (Lipinski definition) is 2. The third kappa shape index (κ3) is 1.82. The summed E-state index contributed by atoms with van der Waals surface area (Å²) in [6.45, 7) is 1.89.